The molecule has 0 aliphatic rings. The van der Waals surface area contributed by atoms with Crippen LogP contribution >= 0.6 is 23.2 Å². The van der Waals surface area contributed by atoms with Crippen molar-refractivity contribution in [2.24, 2.45) is 0 Å². The standard InChI is InChI=1S/C9H4Cl2FN/c10-7(3-4-13)6-1-2-8(11)9(12)5-6/h1-3,5H/b7-3-. The van der Waals surface area contributed by atoms with Crippen LogP contribution in [0.15, 0.2) is 24.3 Å². The quantitative estimate of drug-likeness (QED) is 0.658. The molecule has 0 heterocycles. The summed E-state index contributed by atoms with van der Waals surface area (Å²) in [6.07, 6.45) is 1.13. The van der Waals surface area contributed by atoms with Crippen LogP contribution in [-0.2, 0) is 0 Å². The Morgan fingerprint density at radius 3 is 2.77 bits per heavy atom. The van der Waals surface area contributed by atoms with Gasteiger partial charge in [-0.05, 0) is 17.7 Å². The third kappa shape index (κ3) is 2.45. The highest BCUT2D eigenvalue weighted by Gasteiger charge is 2.03. The summed E-state index contributed by atoms with van der Waals surface area (Å²) in [4.78, 5) is 0. The van der Waals surface area contributed by atoms with E-state index in [4.69, 9.17) is 28.5 Å². The minimum absolute atomic E-state index is 0.0326. The molecule has 66 valence electrons. The second-order valence-electron chi connectivity index (χ2n) is 2.25. The molecule has 0 amide bonds. The third-order valence-electron chi connectivity index (χ3n) is 1.39. The second kappa shape index (κ2) is 4.27. The minimum Gasteiger partial charge on any atom is -0.205 e. The van der Waals surface area contributed by atoms with Gasteiger partial charge in [-0.1, -0.05) is 29.3 Å². The summed E-state index contributed by atoms with van der Waals surface area (Å²) < 4.78 is 12.9. The molecular formula is C9H4Cl2FN. The Balaban J connectivity index is 3.13. The lowest BCUT2D eigenvalue weighted by Gasteiger charge is -1.98. The largest absolute Gasteiger partial charge is 0.205 e. The van der Waals surface area contributed by atoms with Crippen LogP contribution in [0.1, 0.15) is 5.56 Å². The van der Waals surface area contributed by atoms with E-state index in [2.05, 4.69) is 0 Å². The van der Waals surface area contributed by atoms with Gasteiger partial charge in [0.2, 0.25) is 0 Å². The maximum atomic E-state index is 12.9. The van der Waals surface area contributed by atoms with Crippen molar-refractivity contribution in [3.63, 3.8) is 0 Å². The van der Waals surface area contributed by atoms with E-state index in [1.54, 1.807) is 12.1 Å². The van der Waals surface area contributed by atoms with Crippen molar-refractivity contribution in [3.8, 4) is 6.07 Å². The summed E-state index contributed by atoms with van der Waals surface area (Å²) in [6.45, 7) is 0. The van der Waals surface area contributed by atoms with Crippen LogP contribution in [0.3, 0.4) is 0 Å². The van der Waals surface area contributed by atoms with Crippen molar-refractivity contribution in [1.82, 2.24) is 0 Å². The Bertz CT molecular complexity index is 393. The average molecular weight is 216 g/mol. The van der Waals surface area contributed by atoms with Gasteiger partial charge in [-0.3, -0.25) is 0 Å². The Kier molecular flexibility index (Phi) is 3.30. The van der Waals surface area contributed by atoms with E-state index in [9.17, 15) is 4.39 Å². The number of nitriles is 1. The summed E-state index contributed by atoms with van der Waals surface area (Å²) in [6, 6.07) is 5.86. The van der Waals surface area contributed by atoms with E-state index in [0.29, 0.717) is 5.56 Å². The fourth-order valence-electron chi connectivity index (χ4n) is 0.785. The fraction of sp³-hybridized carbons (Fsp3) is 0. The number of nitrogens with zero attached hydrogens (tertiary/aromatic N) is 1. The van der Waals surface area contributed by atoms with E-state index < -0.39 is 5.82 Å². The van der Waals surface area contributed by atoms with Crippen LogP contribution in [0.5, 0.6) is 0 Å². The van der Waals surface area contributed by atoms with Gasteiger partial charge in [0.15, 0.2) is 0 Å². The number of halogens is 3. The number of rotatable bonds is 1. The van der Waals surface area contributed by atoms with E-state index in [1.807, 2.05) is 0 Å². The Labute approximate surface area is 85.0 Å². The van der Waals surface area contributed by atoms with E-state index in [1.165, 1.54) is 12.1 Å². The van der Waals surface area contributed by atoms with Crippen molar-refractivity contribution < 1.29 is 4.39 Å². The van der Waals surface area contributed by atoms with Crippen LogP contribution in [0.25, 0.3) is 5.03 Å². The first-order valence-corrected chi connectivity index (χ1v) is 4.11. The van der Waals surface area contributed by atoms with Crippen molar-refractivity contribution >= 4 is 28.2 Å². The van der Waals surface area contributed by atoms with Gasteiger partial charge in [0.25, 0.3) is 0 Å². The van der Waals surface area contributed by atoms with E-state index >= 15 is 0 Å². The summed E-state index contributed by atoms with van der Waals surface area (Å²) in [5.41, 5.74) is 0.435. The van der Waals surface area contributed by atoms with Crippen LogP contribution in [0.2, 0.25) is 5.02 Å². The Hall–Kier alpha value is -1.04. The van der Waals surface area contributed by atoms with Gasteiger partial charge >= 0.3 is 0 Å². The number of benzene rings is 1. The van der Waals surface area contributed by atoms with Gasteiger partial charge in [0, 0.05) is 6.08 Å². The smallest absolute Gasteiger partial charge is 0.142 e. The van der Waals surface area contributed by atoms with Gasteiger partial charge in [-0.2, -0.15) is 5.26 Å². The predicted molar refractivity (Wildman–Crippen MR) is 50.9 cm³/mol. The first-order chi connectivity index (χ1) is 6.15. The average Bonchev–Trinajstić information content (AvgIpc) is 2.10. The highest BCUT2D eigenvalue weighted by atomic mass is 35.5. The lowest BCUT2D eigenvalue weighted by atomic mass is 10.2. The Morgan fingerprint density at radius 2 is 2.23 bits per heavy atom. The van der Waals surface area contributed by atoms with Crippen LogP contribution in [0.4, 0.5) is 4.39 Å². The molecule has 0 fully saturated rings. The van der Waals surface area contributed by atoms with E-state index in [-0.39, 0.29) is 10.1 Å². The maximum Gasteiger partial charge on any atom is 0.142 e. The molecule has 1 aromatic rings. The fourth-order valence-corrected chi connectivity index (χ4v) is 1.07. The number of hydrogen-bond acceptors (Lipinski definition) is 1. The molecule has 0 spiro atoms. The van der Waals surface area contributed by atoms with Crippen molar-refractivity contribution in [2.75, 3.05) is 0 Å². The molecule has 0 unspecified atom stereocenters. The molecular weight excluding hydrogens is 212 g/mol. The van der Waals surface area contributed by atoms with Gasteiger partial charge < -0.3 is 0 Å². The Morgan fingerprint density at radius 1 is 1.54 bits per heavy atom. The summed E-state index contributed by atoms with van der Waals surface area (Å²) in [5, 5.41) is 8.52. The molecule has 0 saturated heterocycles. The molecule has 0 aromatic heterocycles. The summed E-state index contributed by atoms with van der Waals surface area (Å²) in [5.74, 6) is -0.552. The third-order valence-corrected chi connectivity index (χ3v) is 2.02. The SMILES string of the molecule is N#C/C=C(\Cl)c1ccc(Cl)c(F)c1. The molecule has 0 atom stereocenters. The topological polar surface area (TPSA) is 23.8 Å². The summed E-state index contributed by atoms with van der Waals surface area (Å²) >= 11 is 11.1. The van der Waals surface area contributed by atoms with Crippen LogP contribution in [-0.4, -0.2) is 0 Å². The molecule has 1 nitrogen and oxygen atoms in total. The lowest BCUT2D eigenvalue weighted by molar-refractivity contribution is 0.628. The maximum absolute atomic E-state index is 12.9. The zero-order valence-electron chi connectivity index (χ0n) is 6.39. The number of allylic oxidation sites excluding steroid dienone is 1. The first-order valence-electron chi connectivity index (χ1n) is 3.36. The van der Waals surface area contributed by atoms with Gasteiger partial charge in [-0.25, -0.2) is 4.39 Å². The lowest BCUT2D eigenvalue weighted by Crippen LogP contribution is -1.81. The highest BCUT2D eigenvalue weighted by molar-refractivity contribution is 6.49. The summed E-state index contributed by atoms with van der Waals surface area (Å²) in [7, 11) is 0. The zero-order chi connectivity index (χ0) is 9.84. The molecule has 0 bridgehead atoms. The number of hydrogen-bond donors (Lipinski definition) is 0. The van der Waals surface area contributed by atoms with Gasteiger partial charge in [0.1, 0.15) is 5.82 Å². The molecule has 0 aliphatic carbocycles. The zero-order valence-corrected chi connectivity index (χ0v) is 7.90. The molecule has 1 aromatic carbocycles. The molecule has 0 radical (unpaired) electrons. The molecule has 0 saturated carbocycles. The minimum atomic E-state index is -0.552. The molecule has 0 N–H and O–H groups in total. The van der Waals surface area contributed by atoms with Crippen LogP contribution < -0.4 is 0 Å². The molecule has 4 heteroatoms. The predicted octanol–water partition coefficient (Wildman–Crippen LogP) is 3.58. The highest BCUT2D eigenvalue weighted by Crippen LogP contribution is 2.23. The molecule has 13 heavy (non-hydrogen) atoms. The normalized spacial score (nSPS) is 11.1. The van der Waals surface area contributed by atoms with Crippen molar-refractivity contribution in [3.05, 3.63) is 40.7 Å². The van der Waals surface area contributed by atoms with E-state index in [0.717, 1.165) is 6.08 Å². The van der Waals surface area contributed by atoms with Gasteiger partial charge in [0.05, 0.1) is 16.1 Å². The van der Waals surface area contributed by atoms with Crippen molar-refractivity contribution in [2.45, 2.75) is 0 Å². The monoisotopic (exact) mass is 215 g/mol. The first kappa shape index (κ1) is 10.0. The molecule has 1 rings (SSSR count). The second-order valence-corrected chi connectivity index (χ2v) is 3.06. The van der Waals surface area contributed by atoms with Crippen molar-refractivity contribution in [1.29, 1.82) is 5.26 Å². The molecule has 0 aliphatic heterocycles. The van der Waals surface area contributed by atoms with Crippen LogP contribution in [0, 0.1) is 17.1 Å². The van der Waals surface area contributed by atoms with Gasteiger partial charge in [-0.15, -0.1) is 0 Å².